The van der Waals surface area contributed by atoms with Gasteiger partial charge < -0.3 is 10.1 Å². The molecule has 0 heterocycles. The summed E-state index contributed by atoms with van der Waals surface area (Å²) in [4.78, 5) is 12.3. The second-order valence-corrected chi connectivity index (χ2v) is 7.81. The highest BCUT2D eigenvalue weighted by atomic mass is 32.2. The van der Waals surface area contributed by atoms with E-state index in [2.05, 4.69) is 10.0 Å². The van der Waals surface area contributed by atoms with Gasteiger partial charge in [0.1, 0.15) is 11.6 Å². The molecular formula is C21H19FN2O4S. The van der Waals surface area contributed by atoms with Crippen LogP contribution in [-0.4, -0.2) is 21.4 Å². The fourth-order valence-electron chi connectivity index (χ4n) is 2.58. The third kappa shape index (κ3) is 5.11. The Hall–Kier alpha value is -3.39. The molecule has 0 fully saturated rings. The van der Waals surface area contributed by atoms with E-state index in [1.165, 1.54) is 49.6 Å². The average molecular weight is 414 g/mol. The van der Waals surface area contributed by atoms with Crippen molar-refractivity contribution in [1.29, 1.82) is 0 Å². The number of hydrogen-bond acceptors (Lipinski definition) is 4. The maximum absolute atomic E-state index is 13.6. The Morgan fingerprint density at radius 2 is 1.62 bits per heavy atom. The highest BCUT2D eigenvalue weighted by molar-refractivity contribution is 7.92. The smallest absolute Gasteiger partial charge is 0.261 e. The Bertz CT molecular complexity index is 1100. The molecule has 3 aromatic rings. The molecule has 0 atom stereocenters. The van der Waals surface area contributed by atoms with Crippen molar-refractivity contribution in [3.63, 3.8) is 0 Å². The second kappa shape index (κ2) is 8.74. The zero-order chi connectivity index (χ0) is 20.9. The number of anilines is 1. The second-order valence-electron chi connectivity index (χ2n) is 6.13. The van der Waals surface area contributed by atoms with Gasteiger partial charge in [0.2, 0.25) is 0 Å². The summed E-state index contributed by atoms with van der Waals surface area (Å²) in [5, 5.41) is 2.63. The number of rotatable bonds is 7. The van der Waals surface area contributed by atoms with Gasteiger partial charge in [-0.2, -0.15) is 0 Å². The van der Waals surface area contributed by atoms with Crippen LogP contribution in [0, 0.1) is 5.82 Å². The number of sulfonamides is 1. The van der Waals surface area contributed by atoms with Crippen LogP contribution in [0.3, 0.4) is 0 Å². The highest BCUT2D eigenvalue weighted by Gasteiger charge is 2.15. The van der Waals surface area contributed by atoms with Gasteiger partial charge in [-0.3, -0.25) is 9.52 Å². The fourth-order valence-corrected chi connectivity index (χ4v) is 3.64. The van der Waals surface area contributed by atoms with Crippen LogP contribution in [0.25, 0.3) is 0 Å². The van der Waals surface area contributed by atoms with Crippen LogP contribution in [0.1, 0.15) is 15.9 Å². The van der Waals surface area contributed by atoms with Crippen LogP contribution in [0.2, 0.25) is 0 Å². The molecule has 0 spiro atoms. The molecule has 2 N–H and O–H groups in total. The minimum atomic E-state index is -3.77. The molecule has 150 valence electrons. The number of hydrogen-bond donors (Lipinski definition) is 2. The van der Waals surface area contributed by atoms with Crippen molar-refractivity contribution >= 4 is 21.6 Å². The van der Waals surface area contributed by atoms with Crippen molar-refractivity contribution in [2.45, 2.75) is 11.4 Å². The number of carbonyl (C=O) groups is 1. The third-order valence-electron chi connectivity index (χ3n) is 4.17. The van der Waals surface area contributed by atoms with Gasteiger partial charge in [0, 0.05) is 23.4 Å². The largest absolute Gasteiger partial charge is 0.497 e. The van der Waals surface area contributed by atoms with E-state index in [4.69, 9.17) is 4.74 Å². The SMILES string of the molecule is COc1ccc(S(=O)(=O)Nc2ccc(C(=O)NCc3ccccc3F)cc2)cc1. The Morgan fingerprint density at radius 3 is 2.24 bits per heavy atom. The molecule has 0 aliphatic carbocycles. The number of ether oxygens (including phenoxy) is 1. The van der Waals surface area contributed by atoms with Gasteiger partial charge in [-0.15, -0.1) is 0 Å². The van der Waals surface area contributed by atoms with Gasteiger partial charge in [0.05, 0.1) is 12.0 Å². The summed E-state index contributed by atoms with van der Waals surface area (Å²) in [7, 11) is -2.27. The van der Waals surface area contributed by atoms with Crippen molar-refractivity contribution in [1.82, 2.24) is 5.32 Å². The van der Waals surface area contributed by atoms with Crippen LogP contribution < -0.4 is 14.8 Å². The van der Waals surface area contributed by atoms with Crippen molar-refractivity contribution < 1.29 is 22.3 Å². The Morgan fingerprint density at radius 1 is 0.966 bits per heavy atom. The maximum Gasteiger partial charge on any atom is 0.261 e. The van der Waals surface area contributed by atoms with E-state index in [9.17, 15) is 17.6 Å². The summed E-state index contributed by atoms with van der Waals surface area (Å²) in [6.07, 6.45) is 0. The Balaban J connectivity index is 1.64. The lowest BCUT2D eigenvalue weighted by atomic mass is 10.1. The van der Waals surface area contributed by atoms with Crippen molar-refractivity contribution in [2.24, 2.45) is 0 Å². The van der Waals surface area contributed by atoms with Crippen molar-refractivity contribution in [2.75, 3.05) is 11.8 Å². The summed E-state index contributed by atoms with van der Waals surface area (Å²) in [6, 6.07) is 18.1. The molecule has 3 aromatic carbocycles. The first-order valence-corrected chi connectivity index (χ1v) is 10.2. The molecule has 0 aliphatic heterocycles. The number of amides is 1. The lowest BCUT2D eigenvalue weighted by molar-refractivity contribution is 0.0950. The molecule has 0 aliphatic rings. The third-order valence-corrected chi connectivity index (χ3v) is 5.56. The lowest BCUT2D eigenvalue weighted by Crippen LogP contribution is -2.23. The Kier molecular flexibility index (Phi) is 6.13. The molecule has 8 heteroatoms. The summed E-state index contributed by atoms with van der Waals surface area (Å²) >= 11 is 0. The van der Waals surface area contributed by atoms with Gasteiger partial charge in [-0.1, -0.05) is 18.2 Å². The van der Waals surface area contributed by atoms with Gasteiger partial charge in [0.15, 0.2) is 0 Å². The van der Waals surface area contributed by atoms with E-state index < -0.39 is 21.7 Å². The lowest BCUT2D eigenvalue weighted by Gasteiger charge is -2.10. The molecule has 3 rings (SSSR count). The topological polar surface area (TPSA) is 84.5 Å². The van der Waals surface area contributed by atoms with Crippen LogP contribution in [0.4, 0.5) is 10.1 Å². The van der Waals surface area contributed by atoms with E-state index in [1.54, 1.807) is 30.3 Å². The van der Waals surface area contributed by atoms with Gasteiger partial charge in [-0.05, 0) is 54.6 Å². The number of benzene rings is 3. The molecule has 0 saturated carbocycles. The average Bonchev–Trinajstić information content (AvgIpc) is 2.73. The van der Waals surface area contributed by atoms with E-state index >= 15 is 0 Å². The minimum Gasteiger partial charge on any atom is -0.497 e. The molecule has 0 aromatic heterocycles. The van der Waals surface area contributed by atoms with Crippen molar-refractivity contribution in [3.8, 4) is 5.75 Å². The first kappa shape index (κ1) is 20.3. The quantitative estimate of drug-likeness (QED) is 0.619. The molecule has 0 unspecified atom stereocenters. The normalized spacial score (nSPS) is 11.0. The monoisotopic (exact) mass is 414 g/mol. The fraction of sp³-hybridized carbons (Fsp3) is 0.0952. The van der Waals surface area contributed by atoms with Crippen LogP contribution in [0.5, 0.6) is 5.75 Å². The van der Waals surface area contributed by atoms with E-state index in [1.807, 2.05) is 0 Å². The van der Waals surface area contributed by atoms with E-state index in [0.717, 1.165) is 0 Å². The van der Waals surface area contributed by atoms with Crippen LogP contribution in [-0.2, 0) is 16.6 Å². The van der Waals surface area contributed by atoms with Crippen LogP contribution >= 0.6 is 0 Å². The minimum absolute atomic E-state index is 0.0529. The number of nitrogens with one attached hydrogen (secondary N) is 2. The molecule has 0 saturated heterocycles. The van der Waals surface area contributed by atoms with Gasteiger partial charge in [0.25, 0.3) is 15.9 Å². The molecule has 1 amide bonds. The van der Waals surface area contributed by atoms with E-state index in [0.29, 0.717) is 22.6 Å². The number of carbonyl (C=O) groups excluding carboxylic acids is 1. The summed E-state index contributed by atoms with van der Waals surface area (Å²) in [5.74, 6) is -0.233. The highest BCUT2D eigenvalue weighted by Crippen LogP contribution is 2.19. The summed E-state index contributed by atoms with van der Waals surface area (Å²) < 4.78 is 46.0. The summed E-state index contributed by atoms with van der Waals surface area (Å²) in [5.41, 5.74) is 1.02. The standard InChI is InChI=1S/C21H19FN2O4S/c1-28-18-10-12-19(13-11-18)29(26,27)24-17-8-6-15(7-9-17)21(25)23-14-16-4-2-3-5-20(16)22/h2-13,24H,14H2,1H3,(H,23,25). The zero-order valence-electron chi connectivity index (χ0n) is 15.6. The summed E-state index contributed by atoms with van der Waals surface area (Å²) in [6.45, 7) is 0.0529. The molecular weight excluding hydrogens is 395 g/mol. The molecule has 0 radical (unpaired) electrons. The Labute approximate surface area is 168 Å². The maximum atomic E-state index is 13.6. The predicted octanol–water partition coefficient (Wildman–Crippen LogP) is 3.57. The number of methoxy groups -OCH3 is 1. The van der Waals surface area contributed by atoms with E-state index in [-0.39, 0.29) is 11.4 Å². The zero-order valence-corrected chi connectivity index (χ0v) is 16.4. The van der Waals surface area contributed by atoms with Gasteiger partial charge in [-0.25, -0.2) is 12.8 Å². The van der Waals surface area contributed by atoms with Crippen LogP contribution in [0.15, 0.2) is 77.7 Å². The molecule has 6 nitrogen and oxygen atoms in total. The molecule has 0 bridgehead atoms. The molecule has 29 heavy (non-hydrogen) atoms. The van der Waals surface area contributed by atoms with Gasteiger partial charge >= 0.3 is 0 Å². The van der Waals surface area contributed by atoms with Crippen molar-refractivity contribution in [3.05, 3.63) is 89.7 Å². The first-order chi connectivity index (χ1) is 13.9. The first-order valence-electron chi connectivity index (χ1n) is 8.67. The number of halogens is 1. The predicted molar refractivity (Wildman–Crippen MR) is 108 cm³/mol.